The van der Waals surface area contributed by atoms with Crippen molar-refractivity contribution in [1.82, 2.24) is 4.57 Å². The second-order valence-electron chi connectivity index (χ2n) is 9.96. The van der Waals surface area contributed by atoms with Gasteiger partial charge in [-0.15, -0.1) is 11.3 Å². The Balaban J connectivity index is 1.49. The van der Waals surface area contributed by atoms with E-state index >= 15 is 0 Å². The van der Waals surface area contributed by atoms with Crippen LogP contribution in [0.3, 0.4) is 0 Å². The Hall–Kier alpha value is -4.74. The number of aromatic nitrogens is 1. The number of carbonyl (C=O) groups excluding carboxylic acids is 3. The quantitative estimate of drug-likeness (QED) is 0.216. The first kappa shape index (κ1) is 25.5. The first-order valence-electron chi connectivity index (χ1n) is 13.2. The SMILES string of the molecule is Cc1cc(C=C2C(=O)N(c3ccccc3)C(=O)N(c3ccccc3)C2=O)c(C)n1-c1sc2c(c1C#N)CCCC2. The van der Waals surface area contributed by atoms with Gasteiger partial charge in [-0.2, -0.15) is 5.26 Å². The van der Waals surface area contributed by atoms with Gasteiger partial charge in [-0.25, -0.2) is 14.6 Å². The summed E-state index contributed by atoms with van der Waals surface area (Å²) in [6, 6.07) is 20.8. The highest BCUT2D eigenvalue weighted by Crippen LogP contribution is 2.39. The Labute approximate surface area is 236 Å². The van der Waals surface area contributed by atoms with Crippen LogP contribution in [0.25, 0.3) is 11.1 Å². The second-order valence-corrected chi connectivity index (χ2v) is 11.0. The Morgan fingerprint density at radius 3 is 2.00 bits per heavy atom. The molecule has 1 aliphatic heterocycles. The third-order valence-electron chi connectivity index (χ3n) is 7.52. The Morgan fingerprint density at radius 1 is 0.850 bits per heavy atom. The zero-order valence-electron chi connectivity index (χ0n) is 22.2. The van der Waals surface area contributed by atoms with Gasteiger partial charge >= 0.3 is 6.03 Å². The number of urea groups is 1. The number of hydrogen-bond donors (Lipinski definition) is 0. The van der Waals surface area contributed by atoms with Crippen molar-refractivity contribution >= 4 is 46.6 Å². The predicted octanol–water partition coefficient (Wildman–Crippen LogP) is 6.49. The minimum atomic E-state index is -0.724. The zero-order valence-corrected chi connectivity index (χ0v) is 23.0. The van der Waals surface area contributed by atoms with Gasteiger partial charge in [-0.05, 0) is 87.1 Å². The molecule has 1 saturated heterocycles. The van der Waals surface area contributed by atoms with Gasteiger partial charge in [0.15, 0.2) is 0 Å². The van der Waals surface area contributed by atoms with E-state index in [9.17, 15) is 19.6 Å². The van der Waals surface area contributed by atoms with Crippen molar-refractivity contribution < 1.29 is 14.4 Å². The van der Waals surface area contributed by atoms with Gasteiger partial charge < -0.3 is 4.57 Å². The smallest absolute Gasteiger partial charge is 0.308 e. The fourth-order valence-corrected chi connectivity index (χ4v) is 7.02. The van der Waals surface area contributed by atoms with Gasteiger partial charge in [-0.1, -0.05) is 36.4 Å². The van der Waals surface area contributed by atoms with E-state index in [2.05, 4.69) is 6.07 Å². The number of benzene rings is 2. The van der Waals surface area contributed by atoms with Crippen molar-refractivity contribution in [2.45, 2.75) is 39.5 Å². The minimum Gasteiger partial charge on any atom is -0.308 e. The number of hydrogen-bond acceptors (Lipinski definition) is 5. The molecule has 6 rings (SSSR count). The lowest BCUT2D eigenvalue weighted by Gasteiger charge is -2.33. The molecule has 1 aliphatic carbocycles. The largest absolute Gasteiger partial charge is 0.343 e. The van der Waals surface area contributed by atoms with E-state index in [0.717, 1.165) is 57.4 Å². The van der Waals surface area contributed by atoms with Crippen molar-refractivity contribution in [3.05, 3.63) is 105 Å². The molecule has 0 N–H and O–H groups in total. The summed E-state index contributed by atoms with van der Waals surface area (Å²) in [5, 5.41) is 10.9. The van der Waals surface area contributed by atoms with E-state index in [-0.39, 0.29) is 5.57 Å². The van der Waals surface area contributed by atoms with E-state index in [1.165, 1.54) is 4.88 Å². The molecule has 0 unspecified atom stereocenters. The van der Waals surface area contributed by atoms with Crippen molar-refractivity contribution in [1.29, 1.82) is 5.26 Å². The number of thiophene rings is 1. The predicted molar refractivity (Wildman–Crippen MR) is 156 cm³/mol. The molecular weight excluding hydrogens is 520 g/mol. The number of nitrogens with zero attached hydrogens (tertiary/aromatic N) is 4. The monoisotopic (exact) mass is 546 g/mol. The molecule has 4 amide bonds. The molecule has 0 saturated carbocycles. The highest BCUT2D eigenvalue weighted by molar-refractivity contribution is 7.15. The molecule has 2 aliphatic rings. The number of nitriles is 1. The Bertz CT molecular complexity index is 1680. The molecule has 198 valence electrons. The van der Waals surface area contributed by atoms with E-state index in [0.29, 0.717) is 22.5 Å². The van der Waals surface area contributed by atoms with Gasteiger partial charge in [0.2, 0.25) is 0 Å². The number of fused-ring (bicyclic) bond motifs is 1. The van der Waals surface area contributed by atoms with Crippen LogP contribution < -0.4 is 9.80 Å². The van der Waals surface area contributed by atoms with Crippen LogP contribution in [0.15, 0.2) is 72.3 Å². The summed E-state index contributed by atoms with van der Waals surface area (Å²) in [5.74, 6) is -1.36. The molecule has 40 heavy (non-hydrogen) atoms. The number of imide groups is 2. The van der Waals surface area contributed by atoms with Crippen molar-refractivity contribution in [3.8, 4) is 11.1 Å². The van der Waals surface area contributed by atoms with Crippen LogP contribution in [0.1, 0.15) is 45.8 Å². The summed E-state index contributed by atoms with van der Waals surface area (Å²) < 4.78 is 2.04. The van der Waals surface area contributed by atoms with E-state index in [4.69, 9.17) is 0 Å². The van der Waals surface area contributed by atoms with Crippen molar-refractivity contribution in [2.24, 2.45) is 0 Å². The van der Waals surface area contributed by atoms with Gasteiger partial charge in [0.25, 0.3) is 11.8 Å². The number of rotatable bonds is 4. The van der Waals surface area contributed by atoms with Gasteiger partial charge in [0, 0.05) is 16.3 Å². The van der Waals surface area contributed by atoms with Crippen molar-refractivity contribution in [3.63, 3.8) is 0 Å². The maximum atomic E-state index is 13.8. The van der Waals surface area contributed by atoms with Crippen LogP contribution >= 0.6 is 11.3 Å². The molecule has 0 spiro atoms. The lowest BCUT2D eigenvalue weighted by molar-refractivity contribution is -0.121. The molecule has 2 aromatic heterocycles. The third kappa shape index (κ3) is 4.07. The first-order valence-corrected chi connectivity index (χ1v) is 14.0. The fourth-order valence-electron chi connectivity index (χ4n) is 5.57. The van der Waals surface area contributed by atoms with Crippen LogP contribution in [0, 0.1) is 25.2 Å². The van der Waals surface area contributed by atoms with Gasteiger partial charge in [0.1, 0.15) is 16.6 Å². The van der Waals surface area contributed by atoms with E-state index < -0.39 is 17.8 Å². The average molecular weight is 547 g/mol. The molecular formula is C32H26N4O3S. The molecule has 0 bridgehead atoms. The Morgan fingerprint density at radius 2 is 1.43 bits per heavy atom. The van der Waals surface area contributed by atoms with E-state index in [1.54, 1.807) is 78.1 Å². The number of barbiturate groups is 1. The van der Waals surface area contributed by atoms with Crippen LogP contribution in [0.4, 0.5) is 16.2 Å². The van der Waals surface area contributed by atoms with E-state index in [1.807, 2.05) is 24.5 Å². The molecule has 1 fully saturated rings. The summed E-state index contributed by atoms with van der Waals surface area (Å²) in [6.07, 6.45) is 5.66. The summed E-state index contributed by atoms with van der Waals surface area (Å²) in [5.41, 5.74) is 4.89. The summed E-state index contributed by atoms with van der Waals surface area (Å²) in [6.45, 7) is 3.88. The van der Waals surface area contributed by atoms with Crippen molar-refractivity contribution in [2.75, 3.05) is 9.80 Å². The molecule has 7 nitrogen and oxygen atoms in total. The highest BCUT2D eigenvalue weighted by Gasteiger charge is 2.43. The van der Waals surface area contributed by atoms with Crippen LogP contribution in [-0.2, 0) is 22.4 Å². The lowest BCUT2D eigenvalue weighted by Crippen LogP contribution is -2.57. The average Bonchev–Trinajstić information content (AvgIpc) is 3.47. The minimum absolute atomic E-state index is 0.112. The van der Waals surface area contributed by atoms with Crippen LogP contribution in [0.5, 0.6) is 0 Å². The number of carbonyl (C=O) groups is 3. The summed E-state index contributed by atoms with van der Waals surface area (Å²) in [7, 11) is 0. The van der Waals surface area contributed by atoms with Gasteiger partial charge in [-0.3, -0.25) is 9.59 Å². The molecule has 0 atom stereocenters. The molecule has 0 radical (unpaired) electrons. The summed E-state index contributed by atoms with van der Waals surface area (Å²) >= 11 is 1.65. The summed E-state index contributed by atoms with van der Waals surface area (Å²) in [4.78, 5) is 44.5. The molecule has 2 aromatic carbocycles. The number of anilines is 2. The fraction of sp³-hybridized carbons (Fsp3) is 0.188. The zero-order chi connectivity index (χ0) is 28.0. The second kappa shape index (κ2) is 10.1. The maximum Gasteiger partial charge on any atom is 0.343 e. The highest BCUT2D eigenvalue weighted by atomic mass is 32.1. The molecule has 8 heteroatoms. The third-order valence-corrected chi connectivity index (χ3v) is 8.79. The number of amides is 4. The van der Waals surface area contributed by atoms with Gasteiger partial charge in [0.05, 0.1) is 16.9 Å². The topological polar surface area (TPSA) is 86.4 Å². The Kier molecular flexibility index (Phi) is 6.45. The number of aryl methyl sites for hydroxylation is 2. The first-order chi connectivity index (χ1) is 19.4. The van der Waals surface area contributed by atoms with Crippen LogP contribution in [-0.4, -0.2) is 22.4 Å². The molecule has 3 heterocycles. The maximum absolute atomic E-state index is 13.8. The lowest BCUT2D eigenvalue weighted by atomic mass is 9.96. The number of para-hydroxylation sites is 2. The standard InChI is InChI=1S/C32H26N4O3S/c1-20-17-22(21(2)34(20)31-27(19-33)25-15-9-10-16-28(25)40-31)18-26-29(37)35(23-11-5-3-6-12-23)32(39)36(30(26)38)24-13-7-4-8-14-24/h3-8,11-14,17-18H,9-10,15-16H2,1-2H3. The van der Waals surface area contributed by atoms with Crippen LogP contribution in [0.2, 0.25) is 0 Å². The molecule has 4 aromatic rings. The normalized spacial score (nSPS) is 15.3.